The van der Waals surface area contributed by atoms with Gasteiger partial charge in [-0.15, -0.1) is 0 Å². The highest BCUT2D eigenvalue weighted by molar-refractivity contribution is 5.87. The number of nitrogens with one attached hydrogen (secondary N) is 2. The van der Waals surface area contributed by atoms with Crippen LogP contribution in [0.4, 0.5) is 4.79 Å². The number of rotatable bonds is 3. The number of carbonyl (C=O) groups is 3. The molecule has 0 aromatic heterocycles. The third-order valence-electron chi connectivity index (χ3n) is 2.34. The van der Waals surface area contributed by atoms with Crippen LogP contribution in [0.15, 0.2) is 0 Å². The minimum atomic E-state index is -0.872. The largest absolute Gasteiger partial charge is 0.451 e. The molecule has 1 aliphatic rings. The fourth-order valence-electron chi connectivity index (χ4n) is 1.47. The lowest BCUT2D eigenvalue weighted by atomic mass is 10.2. The van der Waals surface area contributed by atoms with Crippen LogP contribution in [-0.2, 0) is 19.1 Å². The summed E-state index contributed by atoms with van der Waals surface area (Å²) >= 11 is 0. The summed E-state index contributed by atoms with van der Waals surface area (Å²) < 4.78 is 10.0. The van der Waals surface area contributed by atoms with Gasteiger partial charge >= 0.3 is 12.1 Å². The van der Waals surface area contributed by atoms with Crippen LogP contribution in [0.2, 0.25) is 0 Å². The van der Waals surface area contributed by atoms with E-state index in [1.165, 1.54) is 6.92 Å². The van der Waals surface area contributed by atoms with E-state index in [4.69, 9.17) is 9.47 Å². The maximum atomic E-state index is 11.7. The summed E-state index contributed by atoms with van der Waals surface area (Å²) in [5, 5.41) is 4.92. The van der Waals surface area contributed by atoms with Crippen LogP contribution in [0.3, 0.4) is 0 Å². The Morgan fingerprint density at radius 2 is 2.05 bits per heavy atom. The summed E-state index contributed by atoms with van der Waals surface area (Å²) in [6.07, 6.45) is -1.02. The smallest absolute Gasteiger partial charge is 0.408 e. The van der Waals surface area contributed by atoms with Gasteiger partial charge in [0.05, 0.1) is 0 Å². The molecule has 1 unspecified atom stereocenters. The highest BCUT2D eigenvalue weighted by Gasteiger charge is 2.30. The minimum absolute atomic E-state index is 0.308. The zero-order valence-corrected chi connectivity index (χ0v) is 11.6. The summed E-state index contributed by atoms with van der Waals surface area (Å²) in [5.74, 6) is -0.967. The van der Waals surface area contributed by atoms with E-state index in [2.05, 4.69) is 10.6 Å². The molecule has 7 heteroatoms. The number of hydrogen-bond acceptors (Lipinski definition) is 5. The van der Waals surface area contributed by atoms with E-state index in [-0.39, 0.29) is 5.91 Å². The highest BCUT2D eigenvalue weighted by atomic mass is 16.6. The Kier molecular flexibility index (Phi) is 4.74. The van der Waals surface area contributed by atoms with E-state index in [1.54, 1.807) is 20.8 Å². The third-order valence-corrected chi connectivity index (χ3v) is 2.34. The second-order valence-electron chi connectivity index (χ2n) is 5.37. The predicted octanol–water partition coefficient (Wildman–Crippen LogP) is 0.331. The highest BCUT2D eigenvalue weighted by Crippen LogP contribution is 2.08. The summed E-state index contributed by atoms with van der Waals surface area (Å²) in [5.41, 5.74) is -0.640. The molecule has 1 rings (SSSR count). The van der Waals surface area contributed by atoms with Crippen molar-refractivity contribution in [3.05, 3.63) is 0 Å². The van der Waals surface area contributed by atoms with Gasteiger partial charge in [0.1, 0.15) is 11.6 Å². The van der Waals surface area contributed by atoms with Crippen LogP contribution >= 0.6 is 0 Å². The van der Waals surface area contributed by atoms with Gasteiger partial charge in [0.2, 0.25) is 0 Å². The number of hydrogen-bond donors (Lipinski definition) is 2. The lowest BCUT2D eigenvalue weighted by molar-refractivity contribution is -0.155. The molecular formula is C12H20N2O5. The van der Waals surface area contributed by atoms with Gasteiger partial charge < -0.3 is 20.1 Å². The van der Waals surface area contributed by atoms with E-state index in [9.17, 15) is 14.4 Å². The first kappa shape index (κ1) is 15.3. The van der Waals surface area contributed by atoms with Crippen molar-refractivity contribution < 1.29 is 23.9 Å². The SMILES string of the molecule is CC(NC(=O)OC(C)(C)C)C(=O)O[C@H]1CCNC1=O. The van der Waals surface area contributed by atoms with Crippen molar-refractivity contribution in [2.75, 3.05) is 6.54 Å². The first-order chi connectivity index (χ1) is 8.69. The lowest BCUT2D eigenvalue weighted by Crippen LogP contribution is -2.44. The second kappa shape index (κ2) is 5.90. The van der Waals surface area contributed by atoms with E-state index in [0.29, 0.717) is 13.0 Å². The van der Waals surface area contributed by atoms with Gasteiger partial charge in [-0.25, -0.2) is 9.59 Å². The monoisotopic (exact) mass is 272 g/mol. The summed E-state index contributed by atoms with van der Waals surface area (Å²) in [6.45, 7) is 7.12. The van der Waals surface area contributed by atoms with Gasteiger partial charge in [-0.1, -0.05) is 0 Å². The number of alkyl carbamates (subject to hydrolysis) is 1. The van der Waals surface area contributed by atoms with Crippen molar-refractivity contribution in [1.82, 2.24) is 10.6 Å². The van der Waals surface area contributed by atoms with Crippen molar-refractivity contribution in [3.8, 4) is 0 Å². The Balaban J connectivity index is 2.40. The molecule has 7 nitrogen and oxygen atoms in total. The van der Waals surface area contributed by atoms with Crippen molar-refractivity contribution >= 4 is 18.0 Å². The molecule has 1 fully saturated rings. The van der Waals surface area contributed by atoms with Crippen molar-refractivity contribution in [1.29, 1.82) is 0 Å². The van der Waals surface area contributed by atoms with Gasteiger partial charge in [0, 0.05) is 13.0 Å². The quantitative estimate of drug-likeness (QED) is 0.722. The van der Waals surface area contributed by atoms with Crippen molar-refractivity contribution in [2.45, 2.75) is 51.9 Å². The van der Waals surface area contributed by atoms with Crippen LogP contribution in [0.5, 0.6) is 0 Å². The second-order valence-corrected chi connectivity index (χ2v) is 5.37. The molecule has 0 bridgehead atoms. The molecule has 0 aliphatic carbocycles. The van der Waals surface area contributed by atoms with E-state index >= 15 is 0 Å². The molecule has 108 valence electrons. The number of amides is 2. The molecule has 2 amide bonds. The molecule has 2 atom stereocenters. The van der Waals surface area contributed by atoms with Crippen LogP contribution in [0, 0.1) is 0 Å². The molecule has 1 saturated heterocycles. The summed E-state index contributed by atoms with van der Waals surface area (Å²) in [7, 11) is 0. The average molecular weight is 272 g/mol. The molecule has 0 aromatic rings. The molecule has 1 aliphatic heterocycles. The van der Waals surface area contributed by atoms with E-state index < -0.39 is 29.8 Å². The molecule has 0 aromatic carbocycles. The van der Waals surface area contributed by atoms with Crippen LogP contribution in [-0.4, -0.2) is 42.3 Å². The molecule has 0 spiro atoms. The van der Waals surface area contributed by atoms with Crippen LogP contribution in [0.25, 0.3) is 0 Å². The predicted molar refractivity (Wildman–Crippen MR) is 66.3 cm³/mol. The normalized spacial score (nSPS) is 20.4. The Labute approximate surface area is 112 Å². The zero-order valence-electron chi connectivity index (χ0n) is 11.6. The van der Waals surface area contributed by atoms with Gasteiger partial charge in [-0.05, 0) is 27.7 Å². The molecule has 2 N–H and O–H groups in total. The number of ether oxygens (including phenoxy) is 2. The molecular weight excluding hydrogens is 252 g/mol. The Bertz CT molecular complexity index is 375. The van der Waals surface area contributed by atoms with Crippen molar-refractivity contribution in [2.24, 2.45) is 0 Å². The summed E-state index contributed by atoms with van der Waals surface area (Å²) in [4.78, 5) is 34.4. The zero-order chi connectivity index (χ0) is 14.6. The van der Waals surface area contributed by atoms with Gasteiger partial charge in [-0.2, -0.15) is 0 Å². The number of esters is 1. The topological polar surface area (TPSA) is 93.7 Å². The average Bonchev–Trinajstić information content (AvgIpc) is 2.61. The van der Waals surface area contributed by atoms with Gasteiger partial charge in [0.25, 0.3) is 5.91 Å². The Morgan fingerprint density at radius 3 is 2.53 bits per heavy atom. The van der Waals surface area contributed by atoms with Gasteiger partial charge in [-0.3, -0.25) is 4.79 Å². The minimum Gasteiger partial charge on any atom is -0.451 e. The molecule has 1 heterocycles. The maximum absolute atomic E-state index is 11.7. The summed E-state index contributed by atoms with van der Waals surface area (Å²) in [6, 6.07) is -0.872. The first-order valence-electron chi connectivity index (χ1n) is 6.17. The Hall–Kier alpha value is -1.79. The molecule has 19 heavy (non-hydrogen) atoms. The van der Waals surface area contributed by atoms with Crippen LogP contribution in [0.1, 0.15) is 34.1 Å². The van der Waals surface area contributed by atoms with Crippen molar-refractivity contribution in [3.63, 3.8) is 0 Å². The standard InChI is InChI=1S/C12H20N2O5/c1-7(14-11(17)19-12(2,3)4)10(16)18-8-5-6-13-9(8)15/h7-8H,5-6H2,1-4H3,(H,13,15)(H,14,17)/t7?,8-/m0/s1. The van der Waals surface area contributed by atoms with Gasteiger partial charge in [0.15, 0.2) is 6.10 Å². The van der Waals surface area contributed by atoms with E-state index in [1.807, 2.05) is 0 Å². The maximum Gasteiger partial charge on any atom is 0.408 e. The lowest BCUT2D eigenvalue weighted by Gasteiger charge is -2.21. The fraction of sp³-hybridized carbons (Fsp3) is 0.750. The van der Waals surface area contributed by atoms with E-state index in [0.717, 1.165) is 0 Å². The molecule has 0 radical (unpaired) electrons. The van der Waals surface area contributed by atoms with Crippen LogP contribution < -0.4 is 10.6 Å². The fourth-order valence-corrected chi connectivity index (χ4v) is 1.47. The Morgan fingerprint density at radius 1 is 1.42 bits per heavy atom. The number of carbonyl (C=O) groups excluding carboxylic acids is 3. The molecule has 0 saturated carbocycles. The third kappa shape index (κ3) is 5.15. The first-order valence-corrected chi connectivity index (χ1v) is 6.17.